The fraction of sp³-hybridized carbons (Fsp3) is 0.417. The minimum atomic E-state index is 0.0984. The van der Waals surface area contributed by atoms with Gasteiger partial charge in [0.15, 0.2) is 11.5 Å². The Labute approximate surface area is 93.8 Å². The number of aldehydes is 1. The van der Waals surface area contributed by atoms with E-state index in [4.69, 9.17) is 9.47 Å². The number of rotatable bonds is 3. The molecule has 0 atom stereocenters. The molecule has 1 N–H and O–H groups in total. The molecule has 4 nitrogen and oxygen atoms in total. The molecular formula is C12H14O4. The van der Waals surface area contributed by atoms with Crippen molar-refractivity contribution in [2.45, 2.75) is 19.3 Å². The topological polar surface area (TPSA) is 55.8 Å². The van der Waals surface area contributed by atoms with Crippen LogP contribution in [0.2, 0.25) is 0 Å². The second-order valence-corrected chi connectivity index (χ2v) is 3.66. The summed E-state index contributed by atoms with van der Waals surface area (Å²) in [5.41, 5.74) is 0.719. The number of fused-ring (bicyclic) bond motifs is 1. The van der Waals surface area contributed by atoms with E-state index >= 15 is 0 Å². The number of ether oxygens (including phenoxy) is 2. The largest absolute Gasteiger partial charge is 0.504 e. The molecule has 86 valence electrons. The monoisotopic (exact) mass is 222 g/mol. The Morgan fingerprint density at radius 1 is 1.31 bits per heavy atom. The first-order chi connectivity index (χ1) is 7.83. The first kappa shape index (κ1) is 10.8. The number of phenols is 1. The molecule has 1 aliphatic rings. The van der Waals surface area contributed by atoms with E-state index in [-0.39, 0.29) is 5.75 Å². The number of aryl methyl sites for hydroxylation is 1. The molecular weight excluding hydrogens is 208 g/mol. The summed E-state index contributed by atoms with van der Waals surface area (Å²) in [6.07, 6.45) is 2.55. The van der Waals surface area contributed by atoms with E-state index in [1.54, 1.807) is 12.1 Å². The summed E-state index contributed by atoms with van der Waals surface area (Å²) in [5.74, 6) is 1.08. The molecule has 2 rings (SSSR count). The van der Waals surface area contributed by atoms with E-state index in [1.165, 1.54) is 0 Å². The number of carbonyl (C=O) groups excluding carboxylic acids is 1. The Morgan fingerprint density at radius 3 is 2.94 bits per heavy atom. The summed E-state index contributed by atoms with van der Waals surface area (Å²) in [5, 5.41) is 9.97. The highest BCUT2D eigenvalue weighted by Crippen LogP contribution is 2.40. The summed E-state index contributed by atoms with van der Waals surface area (Å²) in [6, 6.07) is 3.55. The Bertz CT molecular complexity index is 387. The molecule has 0 aliphatic carbocycles. The number of benzene rings is 1. The van der Waals surface area contributed by atoms with Gasteiger partial charge in [-0.2, -0.15) is 0 Å². The highest BCUT2D eigenvalue weighted by molar-refractivity contribution is 5.57. The van der Waals surface area contributed by atoms with E-state index in [2.05, 4.69) is 0 Å². The van der Waals surface area contributed by atoms with Crippen LogP contribution in [0.4, 0.5) is 0 Å². The maximum absolute atomic E-state index is 10.3. The Balaban J connectivity index is 2.29. The molecule has 0 radical (unpaired) electrons. The van der Waals surface area contributed by atoms with Crippen molar-refractivity contribution in [2.75, 3.05) is 13.2 Å². The van der Waals surface area contributed by atoms with Crippen LogP contribution in [-0.4, -0.2) is 24.6 Å². The van der Waals surface area contributed by atoms with Crippen molar-refractivity contribution in [1.29, 1.82) is 0 Å². The van der Waals surface area contributed by atoms with Gasteiger partial charge in [-0.25, -0.2) is 0 Å². The Morgan fingerprint density at radius 2 is 2.12 bits per heavy atom. The van der Waals surface area contributed by atoms with Crippen molar-refractivity contribution < 1.29 is 19.4 Å². The molecule has 0 aromatic heterocycles. The third-order valence-corrected chi connectivity index (χ3v) is 2.50. The predicted molar refractivity (Wildman–Crippen MR) is 58.1 cm³/mol. The lowest BCUT2D eigenvalue weighted by molar-refractivity contribution is -0.107. The van der Waals surface area contributed by atoms with Crippen LogP contribution < -0.4 is 9.47 Å². The maximum Gasteiger partial charge on any atom is 0.203 e. The second-order valence-electron chi connectivity index (χ2n) is 3.66. The molecule has 4 heteroatoms. The molecule has 0 unspecified atom stereocenters. The van der Waals surface area contributed by atoms with Gasteiger partial charge in [-0.15, -0.1) is 0 Å². The Kier molecular flexibility index (Phi) is 3.29. The van der Waals surface area contributed by atoms with Crippen LogP contribution in [0.1, 0.15) is 18.4 Å². The van der Waals surface area contributed by atoms with Crippen molar-refractivity contribution in [3.05, 3.63) is 17.7 Å². The number of aromatic hydroxyl groups is 1. The van der Waals surface area contributed by atoms with Gasteiger partial charge in [0.1, 0.15) is 6.29 Å². The van der Waals surface area contributed by atoms with Crippen molar-refractivity contribution in [2.24, 2.45) is 0 Å². The maximum atomic E-state index is 10.3. The van der Waals surface area contributed by atoms with Crippen LogP contribution in [-0.2, 0) is 11.2 Å². The lowest BCUT2D eigenvalue weighted by Gasteiger charge is -2.11. The highest BCUT2D eigenvalue weighted by atomic mass is 16.5. The summed E-state index contributed by atoms with van der Waals surface area (Å²) in [4.78, 5) is 10.3. The molecule has 0 fully saturated rings. The lowest BCUT2D eigenvalue weighted by atomic mass is 10.1. The zero-order valence-corrected chi connectivity index (χ0v) is 8.94. The molecule has 0 saturated carbocycles. The van der Waals surface area contributed by atoms with Crippen molar-refractivity contribution in [3.63, 3.8) is 0 Å². The van der Waals surface area contributed by atoms with E-state index in [1.807, 2.05) is 0 Å². The summed E-state index contributed by atoms with van der Waals surface area (Å²) in [7, 11) is 0. The fourth-order valence-electron chi connectivity index (χ4n) is 1.68. The van der Waals surface area contributed by atoms with Crippen molar-refractivity contribution in [1.82, 2.24) is 0 Å². The quantitative estimate of drug-likeness (QED) is 0.790. The van der Waals surface area contributed by atoms with E-state index in [0.29, 0.717) is 37.6 Å². The van der Waals surface area contributed by atoms with Gasteiger partial charge in [-0.1, -0.05) is 6.07 Å². The molecule has 0 bridgehead atoms. The molecule has 0 amide bonds. The average molecular weight is 222 g/mol. The van der Waals surface area contributed by atoms with Crippen molar-refractivity contribution >= 4 is 6.29 Å². The third kappa shape index (κ3) is 2.10. The normalized spacial score (nSPS) is 14.2. The van der Waals surface area contributed by atoms with E-state index in [0.717, 1.165) is 18.3 Å². The molecule has 1 heterocycles. The lowest BCUT2D eigenvalue weighted by Crippen LogP contribution is -1.97. The van der Waals surface area contributed by atoms with E-state index in [9.17, 15) is 9.90 Å². The van der Waals surface area contributed by atoms with Gasteiger partial charge in [-0.3, -0.25) is 0 Å². The fourth-order valence-corrected chi connectivity index (χ4v) is 1.68. The molecule has 1 aliphatic heterocycles. The minimum Gasteiger partial charge on any atom is -0.504 e. The van der Waals surface area contributed by atoms with Gasteiger partial charge in [0.2, 0.25) is 5.75 Å². The smallest absolute Gasteiger partial charge is 0.203 e. The average Bonchev–Trinajstić information content (AvgIpc) is 2.54. The van der Waals surface area contributed by atoms with Gasteiger partial charge in [0, 0.05) is 12.8 Å². The van der Waals surface area contributed by atoms with Crippen molar-refractivity contribution in [3.8, 4) is 17.2 Å². The van der Waals surface area contributed by atoms with Gasteiger partial charge in [0.25, 0.3) is 0 Å². The van der Waals surface area contributed by atoms with Crippen LogP contribution in [0.5, 0.6) is 17.2 Å². The van der Waals surface area contributed by atoms with Gasteiger partial charge >= 0.3 is 0 Å². The number of carbonyl (C=O) groups is 1. The second kappa shape index (κ2) is 4.88. The molecule has 0 spiro atoms. The number of phenolic OH excluding ortho intramolecular Hbond substituents is 1. The van der Waals surface area contributed by atoms with Crippen LogP contribution in [0.3, 0.4) is 0 Å². The minimum absolute atomic E-state index is 0.0984. The summed E-state index contributed by atoms with van der Waals surface area (Å²) < 4.78 is 10.9. The third-order valence-electron chi connectivity index (χ3n) is 2.50. The first-order valence-electron chi connectivity index (χ1n) is 5.37. The van der Waals surface area contributed by atoms with Crippen LogP contribution in [0.15, 0.2) is 12.1 Å². The SMILES string of the molecule is O=CCCc1ccc2c(c1O)OCCCO2. The Hall–Kier alpha value is -1.71. The summed E-state index contributed by atoms with van der Waals surface area (Å²) in [6.45, 7) is 1.14. The number of hydrogen-bond acceptors (Lipinski definition) is 4. The van der Waals surface area contributed by atoms with Crippen LogP contribution in [0, 0.1) is 0 Å². The predicted octanol–water partition coefficient (Wildman–Crippen LogP) is 1.68. The van der Waals surface area contributed by atoms with Gasteiger partial charge < -0.3 is 19.4 Å². The van der Waals surface area contributed by atoms with E-state index < -0.39 is 0 Å². The van der Waals surface area contributed by atoms with Gasteiger partial charge in [0.05, 0.1) is 13.2 Å². The highest BCUT2D eigenvalue weighted by Gasteiger charge is 2.17. The first-order valence-corrected chi connectivity index (χ1v) is 5.37. The molecule has 1 aromatic carbocycles. The summed E-state index contributed by atoms with van der Waals surface area (Å²) >= 11 is 0. The molecule has 1 aromatic rings. The molecule has 16 heavy (non-hydrogen) atoms. The van der Waals surface area contributed by atoms with Crippen LogP contribution >= 0.6 is 0 Å². The van der Waals surface area contributed by atoms with Gasteiger partial charge in [-0.05, 0) is 18.1 Å². The molecule has 0 saturated heterocycles. The zero-order valence-electron chi connectivity index (χ0n) is 8.94. The number of hydrogen-bond donors (Lipinski definition) is 1. The standard InChI is InChI=1S/C12H14O4/c13-6-1-3-9-4-5-10-12(11(9)14)16-8-2-7-15-10/h4-6,14H,1-3,7-8H2. The van der Waals surface area contributed by atoms with Crippen LogP contribution in [0.25, 0.3) is 0 Å². The zero-order chi connectivity index (χ0) is 11.4.